The number of hydrogen-bond acceptors (Lipinski definition) is 5. The number of likely N-dealkylation sites (tertiary alicyclic amines) is 1. The minimum atomic E-state index is -0.732. The fraction of sp³-hybridized carbons (Fsp3) is 0.167. The summed E-state index contributed by atoms with van der Waals surface area (Å²) in [4.78, 5) is 35.6. The van der Waals surface area contributed by atoms with E-state index in [-0.39, 0.29) is 17.9 Å². The van der Waals surface area contributed by atoms with Crippen molar-refractivity contribution in [1.29, 1.82) is 0 Å². The van der Waals surface area contributed by atoms with Crippen molar-refractivity contribution in [3.05, 3.63) is 101 Å². The van der Waals surface area contributed by atoms with E-state index >= 15 is 0 Å². The third-order valence-electron chi connectivity index (χ3n) is 5.25. The number of Topliss-reactive ketones (excluding diaryl/α,β-unsaturated/α-hetero) is 1. The summed E-state index contributed by atoms with van der Waals surface area (Å²) in [6, 6.07) is 13.8. The van der Waals surface area contributed by atoms with E-state index in [1.807, 2.05) is 25.1 Å². The SMILES string of the molecule is CCc1ccc(/C(O)=C2/C(=O)C(=O)N(Cc3cccnc3)C2c2cccnc2)cc1. The molecule has 0 saturated carbocycles. The molecule has 6 heteroatoms. The molecule has 1 amide bonds. The Kier molecular flexibility index (Phi) is 5.39. The Morgan fingerprint density at radius 2 is 1.67 bits per heavy atom. The zero-order valence-electron chi connectivity index (χ0n) is 16.5. The lowest BCUT2D eigenvalue weighted by atomic mass is 9.95. The molecule has 1 unspecified atom stereocenters. The number of nitrogens with zero attached hydrogens (tertiary/aromatic N) is 3. The maximum absolute atomic E-state index is 13.0. The summed E-state index contributed by atoms with van der Waals surface area (Å²) in [6.07, 6.45) is 7.41. The Morgan fingerprint density at radius 1 is 0.967 bits per heavy atom. The van der Waals surface area contributed by atoms with E-state index in [1.165, 1.54) is 4.90 Å². The van der Waals surface area contributed by atoms with Crippen LogP contribution in [0.1, 0.15) is 35.2 Å². The van der Waals surface area contributed by atoms with Crippen LogP contribution in [0, 0.1) is 0 Å². The number of aliphatic hydroxyl groups is 1. The fourth-order valence-electron chi connectivity index (χ4n) is 3.67. The Balaban J connectivity index is 1.83. The van der Waals surface area contributed by atoms with E-state index < -0.39 is 17.7 Å². The highest BCUT2D eigenvalue weighted by atomic mass is 16.3. The van der Waals surface area contributed by atoms with E-state index in [0.29, 0.717) is 11.1 Å². The predicted octanol–water partition coefficient (Wildman–Crippen LogP) is 3.66. The second-order valence-corrected chi connectivity index (χ2v) is 7.13. The Bertz CT molecular complexity index is 1090. The van der Waals surface area contributed by atoms with Crippen molar-refractivity contribution in [2.24, 2.45) is 0 Å². The molecule has 4 rings (SSSR count). The first-order valence-electron chi connectivity index (χ1n) is 9.76. The number of benzene rings is 1. The fourth-order valence-corrected chi connectivity index (χ4v) is 3.67. The Hall–Kier alpha value is -3.80. The first-order chi connectivity index (χ1) is 14.6. The minimum Gasteiger partial charge on any atom is -0.507 e. The lowest BCUT2D eigenvalue weighted by Gasteiger charge is -2.25. The molecule has 1 N–H and O–H groups in total. The third kappa shape index (κ3) is 3.59. The van der Waals surface area contributed by atoms with Crippen molar-refractivity contribution >= 4 is 17.4 Å². The van der Waals surface area contributed by atoms with Gasteiger partial charge in [0.2, 0.25) is 0 Å². The largest absolute Gasteiger partial charge is 0.507 e. The number of pyridine rings is 2. The standard InChI is InChI=1S/C24H21N3O3/c1-2-16-7-9-18(10-8-16)22(28)20-21(19-6-4-12-26-14-19)27(24(30)23(20)29)15-17-5-3-11-25-13-17/h3-14,21,28H,2,15H2,1H3/b22-20-. The first kappa shape index (κ1) is 19.5. The highest BCUT2D eigenvalue weighted by Gasteiger charge is 2.46. The summed E-state index contributed by atoms with van der Waals surface area (Å²) in [6.45, 7) is 2.24. The van der Waals surface area contributed by atoms with Gasteiger partial charge in [-0.25, -0.2) is 0 Å². The van der Waals surface area contributed by atoms with Crippen LogP contribution in [0.5, 0.6) is 0 Å². The van der Waals surface area contributed by atoms with Gasteiger partial charge in [-0.1, -0.05) is 43.3 Å². The number of aryl methyl sites for hydroxylation is 1. The summed E-state index contributed by atoms with van der Waals surface area (Å²) in [5, 5.41) is 11.0. The maximum Gasteiger partial charge on any atom is 0.295 e. The first-order valence-corrected chi connectivity index (χ1v) is 9.76. The molecule has 0 bridgehead atoms. The van der Waals surface area contributed by atoms with E-state index in [0.717, 1.165) is 17.5 Å². The molecule has 6 nitrogen and oxygen atoms in total. The number of ketones is 1. The average molecular weight is 399 g/mol. The molecule has 0 radical (unpaired) electrons. The summed E-state index contributed by atoms with van der Waals surface area (Å²) < 4.78 is 0. The number of amides is 1. The van der Waals surface area contributed by atoms with Crippen molar-refractivity contribution in [1.82, 2.24) is 14.9 Å². The minimum absolute atomic E-state index is 0.0705. The van der Waals surface area contributed by atoms with Gasteiger partial charge in [0.05, 0.1) is 11.6 Å². The number of carbonyl (C=O) groups is 2. The van der Waals surface area contributed by atoms with Crippen LogP contribution in [-0.4, -0.2) is 31.7 Å². The quantitative estimate of drug-likeness (QED) is 0.402. The van der Waals surface area contributed by atoms with Gasteiger partial charge in [-0.15, -0.1) is 0 Å². The lowest BCUT2D eigenvalue weighted by Crippen LogP contribution is -2.29. The molecule has 0 spiro atoms. The molecule has 1 saturated heterocycles. The van der Waals surface area contributed by atoms with Crippen LogP contribution in [-0.2, 0) is 22.6 Å². The smallest absolute Gasteiger partial charge is 0.295 e. The zero-order chi connectivity index (χ0) is 21.1. The van der Waals surface area contributed by atoms with Gasteiger partial charge in [0.25, 0.3) is 11.7 Å². The summed E-state index contributed by atoms with van der Waals surface area (Å²) >= 11 is 0. The summed E-state index contributed by atoms with van der Waals surface area (Å²) in [5.74, 6) is -1.54. The number of rotatable bonds is 5. The molecule has 1 aromatic carbocycles. The Labute approximate surface area is 174 Å². The van der Waals surface area contributed by atoms with Crippen LogP contribution in [0.4, 0.5) is 0 Å². The third-order valence-corrected chi connectivity index (χ3v) is 5.25. The van der Waals surface area contributed by atoms with Gasteiger partial charge in [0.15, 0.2) is 0 Å². The van der Waals surface area contributed by atoms with Crippen LogP contribution in [0.3, 0.4) is 0 Å². The van der Waals surface area contributed by atoms with Crippen LogP contribution in [0.25, 0.3) is 5.76 Å². The van der Waals surface area contributed by atoms with E-state index in [9.17, 15) is 14.7 Å². The zero-order valence-corrected chi connectivity index (χ0v) is 16.5. The Morgan fingerprint density at radius 3 is 2.27 bits per heavy atom. The number of hydrogen-bond donors (Lipinski definition) is 1. The van der Waals surface area contributed by atoms with Crippen molar-refractivity contribution in [3.8, 4) is 0 Å². The molecular formula is C24H21N3O3. The second-order valence-electron chi connectivity index (χ2n) is 7.13. The maximum atomic E-state index is 13.0. The van der Waals surface area contributed by atoms with Gasteiger partial charge in [-0.05, 0) is 35.2 Å². The summed E-state index contributed by atoms with van der Waals surface area (Å²) in [7, 11) is 0. The summed E-state index contributed by atoms with van der Waals surface area (Å²) in [5.41, 5.74) is 3.14. The van der Waals surface area contributed by atoms with Gasteiger partial charge < -0.3 is 10.0 Å². The van der Waals surface area contributed by atoms with Gasteiger partial charge in [-0.3, -0.25) is 19.6 Å². The van der Waals surface area contributed by atoms with Gasteiger partial charge in [0.1, 0.15) is 5.76 Å². The number of aromatic nitrogens is 2. The molecule has 1 aliphatic heterocycles. The van der Waals surface area contributed by atoms with Crippen LogP contribution >= 0.6 is 0 Å². The average Bonchev–Trinajstić information content (AvgIpc) is 3.05. The molecule has 0 aliphatic carbocycles. The second kappa shape index (κ2) is 8.29. The van der Waals surface area contributed by atoms with Crippen LogP contribution in [0.2, 0.25) is 0 Å². The molecule has 1 atom stereocenters. The van der Waals surface area contributed by atoms with Gasteiger partial charge in [0, 0.05) is 36.9 Å². The molecule has 30 heavy (non-hydrogen) atoms. The number of aliphatic hydroxyl groups excluding tert-OH is 1. The molecule has 3 heterocycles. The molecule has 3 aromatic rings. The van der Waals surface area contributed by atoms with E-state index in [4.69, 9.17) is 0 Å². The molecule has 1 aliphatic rings. The van der Waals surface area contributed by atoms with Crippen molar-refractivity contribution < 1.29 is 14.7 Å². The molecule has 2 aromatic heterocycles. The number of carbonyl (C=O) groups excluding carboxylic acids is 2. The molecule has 150 valence electrons. The molecule has 1 fully saturated rings. The van der Waals surface area contributed by atoms with Gasteiger partial charge in [-0.2, -0.15) is 0 Å². The monoisotopic (exact) mass is 399 g/mol. The van der Waals surface area contributed by atoms with Crippen molar-refractivity contribution in [3.63, 3.8) is 0 Å². The normalized spacial score (nSPS) is 18.0. The predicted molar refractivity (Wildman–Crippen MR) is 112 cm³/mol. The van der Waals surface area contributed by atoms with Crippen molar-refractivity contribution in [2.45, 2.75) is 25.9 Å². The van der Waals surface area contributed by atoms with Gasteiger partial charge >= 0.3 is 0 Å². The van der Waals surface area contributed by atoms with Crippen LogP contribution < -0.4 is 0 Å². The topological polar surface area (TPSA) is 83.4 Å². The highest BCUT2D eigenvalue weighted by Crippen LogP contribution is 2.39. The van der Waals surface area contributed by atoms with Crippen molar-refractivity contribution in [2.75, 3.05) is 0 Å². The van der Waals surface area contributed by atoms with E-state index in [1.54, 1.807) is 55.1 Å². The van der Waals surface area contributed by atoms with E-state index in [2.05, 4.69) is 9.97 Å². The molecular weight excluding hydrogens is 378 g/mol. The lowest BCUT2D eigenvalue weighted by molar-refractivity contribution is -0.140. The highest BCUT2D eigenvalue weighted by molar-refractivity contribution is 6.46. The van der Waals surface area contributed by atoms with Crippen LogP contribution in [0.15, 0.2) is 78.9 Å².